The van der Waals surface area contributed by atoms with Gasteiger partial charge in [0.15, 0.2) is 5.60 Å². The molecule has 0 saturated heterocycles. The Hall–Kier alpha value is -1.53. The molecule has 5 nitrogen and oxygen atoms in total. The normalized spacial score (nSPS) is 17.1. The van der Waals surface area contributed by atoms with Crippen LogP contribution in [0.1, 0.15) is 19.4 Å². The van der Waals surface area contributed by atoms with Crippen molar-refractivity contribution < 1.29 is 14.6 Å². The number of nitrogens with one attached hydrogen (secondary N) is 1. The Balaban J connectivity index is 2.59. The molecule has 0 saturated carbocycles. The molecule has 1 aromatic rings. The third-order valence-electron chi connectivity index (χ3n) is 2.62. The molecule has 18 heavy (non-hydrogen) atoms. The third kappa shape index (κ3) is 2.09. The van der Waals surface area contributed by atoms with Crippen molar-refractivity contribution in [2.45, 2.75) is 19.4 Å². The van der Waals surface area contributed by atoms with Crippen molar-refractivity contribution in [3.8, 4) is 5.75 Å². The zero-order chi connectivity index (χ0) is 13.3. The van der Waals surface area contributed by atoms with E-state index < -0.39 is 5.60 Å². The van der Waals surface area contributed by atoms with Gasteiger partial charge in [-0.2, -0.15) is 0 Å². The molecule has 0 aliphatic carbocycles. The lowest BCUT2D eigenvalue weighted by Crippen LogP contribution is -2.36. The van der Waals surface area contributed by atoms with Crippen LogP contribution in [0, 0.1) is 0 Å². The van der Waals surface area contributed by atoms with Crippen LogP contribution >= 0.6 is 11.9 Å². The average molecular weight is 266 g/mol. The van der Waals surface area contributed by atoms with Gasteiger partial charge in [0.2, 0.25) is 5.12 Å². The van der Waals surface area contributed by atoms with E-state index in [1.54, 1.807) is 33.2 Å². The zero-order valence-electron chi connectivity index (χ0n) is 10.4. The minimum absolute atomic E-state index is 0.0734. The van der Waals surface area contributed by atoms with Crippen LogP contribution in [-0.4, -0.2) is 27.9 Å². The fraction of sp³-hybridized carbons (Fsp3) is 0.333. The molecule has 0 atom stereocenters. The minimum atomic E-state index is -0.923. The Kier molecular flexibility index (Phi) is 3.32. The maximum absolute atomic E-state index is 12.1. The molecule has 2 N–H and O–H groups in total. The van der Waals surface area contributed by atoms with Crippen LogP contribution in [0.2, 0.25) is 0 Å². The predicted octanol–water partition coefficient (Wildman–Crippen LogP) is 1.92. The summed E-state index contributed by atoms with van der Waals surface area (Å²) in [5, 5.41) is 9.94. The number of hydrogen-bond acceptors (Lipinski definition) is 6. The maximum atomic E-state index is 12.1. The molecular weight excluding hydrogens is 252 g/mol. The van der Waals surface area contributed by atoms with Crippen LogP contribution in [0.3, 0.4) is 0 Å². The summed E-state index contributed by atoms with van der Waals surface area (Å²) in [4.78, 5) is 16.0. The Bertz CT molecular complexity index is 526. The van der Waals surface area contributed by atoms with Crippen LogP contribution in [0.25, 0.3) is 5.57 Å². The molecule has 0 spiro atoms. The molecule has 0 fully saturated rings. The first-order valence-electron chi connectivity index (χ1n) is 5.42. The van der Waals surface area contributed by atoms with E-state index in [9.17, 15) is 9.90 Å². The van der Waals surface area contributed by atoms with E-state index in [0.29, 0.717) is 11.3 Å². The molecule has 1 aliphatic rings. The number of aliphatic hydroxyl groups is 1. The highest BCUT2D eigenvalue weighted by Gasteiger charge is 2.38. The first-order valence-corrected chi connectivity index (χ1v) is 6.24. The number of carbonyl (C=O) groups is 1. The smallest absolute Gasteiger partial charge is 0.238 e. The number of pyridine rings is 1. The summed E-state index contributed by atoms with van der Waals surface area (Å²) in [5.41, 5.74) is -0.163. The summed E-state index contributed by atoms with van der Waals surface area (Å²) in [6.07, 6.45) is 3.11. The maximum Gasteiger partial charge on any atom is 0.238 e. The van der Waals surface area contributed by atoms with Gasteiger partial charge in [-0.15, -0.1) is 0 Å². The topological polar surface area (TPSA) is 71.5 Å². The third-order valence-corrected chi connectivity index (χ3v) is 3.22. The number of ether oxygens (including phenoxy) is 1. The Morgan fingerprint density at radius 2 is 2.28 bits per heavy atom. The molecule has 6 heteroatoms. The van der Waals surface area contributed by atoms with Gasteiger partial charge in [-0.05, 0) is 38.9 Å². The van der Waals surface area contributed by atoms with Crippen LogP contribution in [0.4, 0.5) is 0 Å². The van der Waals surface area contributed by atoms with Gasteiger partial charge < -0.3 is 9.84 Å². The molecule has 96 valence electrons. The van der Waals surface area contributed by atoms with Gasteiger partial charge in [-0.1, -0.05) is 0 Å². The molecule has 0 unspecified atom stereocenters. The Morgan fingerprint density at radius 3 is 2.94 bits per heavy atom. The van der Waals surface area contributed by atoms with E-state index in [2.05, 4.69) is 9.71 Å². The SMILES string of the molecule is CNSC(=O)C1=C(O)C(C)(C)Oc2ccncc21. The lowest BCUT2D eigenvalue weighted by atomic mass is 9.94. The molecule has 0 radical (unpaired) electrons. The second kappa shape index (κ2) is 4.62. The van der Waals surface area contributed by atoms with E-state index in [-0.39, 0.29) is 16.4 Å². The van der Waals surface area contributed by atoms with Gasteiger partial charge in [0, 0.05) is 12.4 Å². The zero-order valence-corrected chi connectivity index (χ0v) is 11.2. The fourth-order valence-electron chi connectivity index (χ4n) is 1.76. The Labute approximate surface area is 109 Å². The molecule has 0 bridgehead atoms. The van der Waals surface area contributed by atoms with Crippen molar-refractivity contribution in [1.29, 1.82) is 0 Å². The highest BCUT2D eigenvalue weighted by atomic mass is 32.2. The van der Waals surface area contributed by atoms with E-state index >= 15 is 0 Å². The van der Waals surface area contributed by atoms with Crippen molar-refractivity contribution in [2.24, 2.45) is 0 Å². The summed E-state index contributed by atoms with van der Waals surface area (Å²) in [6.45, 7) is 3.42. The highest BCUT2D eigenvalue weighted by molar-refractivity contribution is 8.13. The second-order valence-electron chi connectivity index (χ2n) is 4.30. The fourth-order valence-corrected chi connectivity index (χ4v) is 2.25. The van der Waals surface area contributed by atoms with Crippen molar-refractivity contribution in [2.75, 3.05) is 7.05 Å². The average Bonchev–Trinajstić information content (AvgIpc) is 2.30. The van der Waals surface area contributed by atoms with E-state index in [0.717, 1.165) is 11.9 Å². The summed E-state index contributed by atoms with van der Waals surface area (Å²) >= 11 is 0.916. The summed E-state index contributed by atoms with van der Waals surface area (Å²) < 4.78 is 8.36. The largest absolute Gasteiger partial charge is 0.507 e. The Morgan fingerprint density at radius 1 is 1.56 bits per heavy atom. The number of carbonyl (C=O) groups excluding carboxylic acids is 1. The molecule has 1 aromatic heterocycles. The van der Waals surface area contributed by atoms with Gasteiger partial charge in [0.1, 0.15) is 11.5 Å². The van der Waals surface area contributed by atoms with Crippen molar-refractivity contribution in [1.82, 2.24) is 9.71 Å². The van der Waals surface area contributed by atoms with Crippen LogP contribution < -0.4 is 9.46 Å². The minimum Gasteiger partial charge on any atom is -0.507 e. The molecule has 0 aromatic carbocycles. The summed E-state index contributed by atoms with van der Waals surface area (Å²) in [5.74, 6) is 0.476. The molecular formula is C12H14N2O3S. The first kappa shape index (κ1) is 12.9. The van der Waals surface area contributed by atoms with Crippen molar-refractivity contribution >= 4 is 22.6 Å². The molecule has 0 amide bonds. The van der Waals surface area contributed by atoms with Crippen LogP contribution in [0.15, 0.2) is 24.2 Å². The number of aromatic nitrogens is 1. The van der Waals surface area contributed by atoms with E-state index in [1.807, 2.05) is 0 Å². The number of hydrogen-bond donors (Lipinski definition) is 2. The quantitative estimate of drug-likeness (QED) is 0.797. The van der Waals surface area contributed by atoms with Crippen LogP contribution in [0.5, 0.6) is 5.75 Å². The molecule has 1 aliphatic heterocycles. The highest BCUT2D eigenvalue weighted by Crippen LogP contribution is 2.40. The van der Waals surface area contributed by atoms with Gasteiger partial charge in [0.25, 0.3) is 0 Å². The van der Waals surface area contributed by atoms with Gasteiger partial charge in [-0.25, -0.2) is 0 Å². The number of nitrogens with zero attached hydrogens (tertiary/aromatic N) is 1. The molecule has 2 heterocycles. The lowest BCUT2D eigenvalue weighted by Gasteiger charge is -2.32. The summed E-state index contributed by atoms with van der Waals surface area (Å²) in [7, 11) is 1.65. The van der Waals surface area contributed by atoms with Crippen molar-refractivity contribution in [3.63, 3.8) is 0 Å². The van der Waals surface area contributed by atoms with Crippen molar-refractivity contribution in [3.05, 3.63) is 29.8 Å². The van der Waals surface area contributed by atoms with E-state index in [1.165, 1.54) is 6.20 Å². The molecule has 2 rings (SSSR count). The second-order valence-corrected chi connectivity index (χ2v) is 5.28. The number of rotatable bonds is 2. The lowest BCUT2D eigenvalue weighted by molar-refractivity contribution is -0.106. The van der Waals surface area contributed by atoms with Gasteiger partial charge >= 0.3 is 0 Å². The number of aliphatic hydroxyl groups excluding tert-OH is 1. The standard InChI is InChI=1S/C12H14N2O3S/c1-12(2)10(15)9(11(16)18-13-3)7-6-14-5-4-8(7)17-12/h4-6,13,15H,1-3H3. The number of fused-ring (bicyclic) bond motifs is 1. The summed E-state index contributed by atoms with van der Waals surface area (Å²) in [6, 6.07) is 1.68. The first-order chi connectivity index (χ1) is 8.47. The van der Waals surface area contributed by atoms with E-state index in [4.69, 9.17) is 4.74 Å². The van der Waals surface area contributed by atoms with Crippen LogP contribution in [-0.2, 0) is 4.79 Å². The van der Waals surface area contributed by atoms with Gasteiger partial charge in [0.05, 0.1) is 11.1 Å². The monoisotopic (exact) mass is 266 g/mol. The van der Waals surface area contributed by atoms with Gasteiger partial charge in [-0.3, -0.25) is 14.5 Å². The predicted molar refractivity (Wildman–Crippen MR) is 70.2 cm³/mol.